The van der Waals surface area contributed by atoms with E-state index in [-0.39, 0.29) is 17.5 Å². The normalized spacial score (nSPS) is 11.6. The van der Waals surface area contributed by atoms with Crippen molar-refractivity contribution in [2.45, 2.75) is 6.36 Å². The van der Waals surface area contributed by atoms with Crippen LogP contribution in [0.15, 0.2) is 35.1 Å². The molecule has 1 N–H and O–H groups in total. The molecule has 0 radical (unpaired) electrons. The van der Waals surface area contributed by atoms with E-state index in [9.17, 15) is 13.2 Å². The lowest BCUT2D eigenvalue weighted by Gasteiger charge is -2.08. The number of aromatic nitrogens is 5. The second-order valence-corrected chi connectivity index (χ2v) is 3.83. The molecule has 0 aliphatic rings. The maximum absolute atomic E-state index is 12.0. The molecule has 0 atom stereocenters. The van der Waals surface area contributed by atoms with Crippen molar-refractivity contribution in [2.24, 2.45) is 0 Å². The number of hydrogen-bond acceptors (Lipinski definition) is 6. The number of halogens is 3. The van der Waals surface area contributed by atoms with Crippen LogP contribution in [-0.4, -0.2) is 31.7 Å². The molecule has 108 valence electrons. The molecule has 10 heteroatoms. The first-order valence-corrected chi connectivity index (χ1v) is 5.57. The Morgan fingerprint density at radius 2 is 1.90 bits per heavy atom. The van der Waals surface area contributed by atoms with E-state index in [1.54, 1.807) is 0 Å². The summed E-state index contributed by atoms with van der Waals surface area (Å²) < 4.78 is 44.9. The number of H-pyrrole nitrogens is 1. The predicted octanol–water partition coefficient (Wildman–Crippen LogP) is 2.42. The number of nitrogens with one attached hydrogen (secondary N) is 1. The summed E-state index contributed by atoms with van der Waals surface area (Å²) in [6, 6.07) is 5.06. The van der Waals surface area contributed by atoms with Gasteiger partial charge in [-0.3, -0.25) is 5.10 Å². The third-order valence-electron chi connectivity index (χ3n) is 2.39. The Balaban J connectivity index is 1.81. The SMILES string of the molecule is FC(F)(F)Oc1ccc(-c2nc(-c3ncn[nH]3)no2)cc1. The highest BCUT2D eigenvalue weighted by Crippen LogP contribution is 2.26. The lowest BCUT2D eigenvalue weighted by atomic mass is 10.2. The van der Waals surface area contributed by atoms with E-state index in [0.717, 1.165) is 12.1 Å². The van der Waals surface area contributed by atoms with Gasteiger partial charge in [-0.1, -0.05) is 5.16 Å². The van der Waals surface area contributed by atoms with Gasteiger partial charge in [-0.05, 0) is 24.3 Å². The minimum Gasteiger partial charge on any atom is -0.406 e. The highest BCUT2D eigenvalue weighted by molar-refractivity contribution is 5.56. The minimum atomic E-state index is -4.73. The summed E-state index contributed by atoms with van der Waals surface area (Å²) in [4.78, 5) is 7.90. The Morgan fingerprint density at radius 3 is 2.52 bits per heavy atom. The molecule has 0 spiro atoms. The molecule has 7 nitrogen and oxygen atoms in total. The zero-order chi connectivity index (χ0) is 14.9. The van der Waals surface area contributed by atoms with Crippen molar-refractivity contribution >= 4 is 0 Å². The number of alkyl halides is 3. The summed E-state index contributed by atoms with van der Waals surface area (Å²) in [7, 11) is 0. The summed E-state index contributed by atoms with van der Waals surface area (Å²) >= 11 is 0. The van der Waals surface area contributed by atoms with Crippen molar-refractivity contribution in [1.82, 2.24) is 25.3 Å². The van der Waals surface area contributed by atoms with Gasteiger partial charge in [0, 0.05) is 5.56 Å². The number of rotatable bonds is 3. The smallest absolute Gasteiger partial charge is 0.406 e. The molecule has 2 heterocycles. The van der Waals surface area contributed by atoms with Crippen LogP contribution in [0.4, 0.5) is 13.2 Å². The second-order valence-electron chi connectivity index (χ2n) is 3.83. The maximum Gasteiger partial charge on any atom is 0.573 e. The van der Waals surface area contributed by atoms with E-state index in [2.05, 4.69) is 30.1 Å². The predicted molar refractivity (Wildman–Crippen MR) is 61.8 cm³/mol. The Morgan fingerprint density at radius 1 is 1.14 bits per heavy atom. The molecule has 0 unspecified atom stereocenters. The van der Waals surface area contributed by atoms with Crippen molar-refractivity contribution in [2.75, 3.05) is 0 Å². The van der Waals surface area contributed by atoms with Crippen LogP contribution in [0.5, 0.6) is 5.75 Å². The van der Waals surface area contributed by atoms with Crippen LogP contribution in [0.2, 0.25) is 0 Å². The van der Waals surface area contributed by atoms with Gasteiger partial charge in [-0.25, -0.2) is 4.98 Å². The molecule has 2 aromatic heterocycles. The first kappa shape index (κ1) is 13.1. The summed E-state index contributed by atoms with van der Waals surface area (Å²) in [5.74, 6) is 0.321. The quantitative estimate of drug-likeness (QED) is 0.798. The number of nitrogens with zero attached hydrogens (tertiary/aromatic N) is 4. The molecule has 0 bridgehead atoms. The monoisotopic (exact) mass is 297 g/mol. The van der Waals surface area contributed by atoms with Gasteiger partial charge in [-0.15, -0.1) is 13.2 Å². The van der Waals surface area contributed by atoms with E-state index in [4.69, 9.17) is 4.52 Å². The number of benzene rings is 1. The van der Waals surface area contributed by atoms with E-state index in [0.29, 0.717) is 11.4 Å². The molecule has 3 rings (SSSR count). The molecule has 3 aromatic rings. The molecular formula is C11H6F3N5O2. The van der Waals surface area contributed by atoms with Gasteiger partial charge < -0.3 is 9.26 Å². The van der Waals surface area contributed by atoms with Crippen molar-refractivity contribution in [3.8, 4) is 28.9 Å². The highest BCUT2D eigenvalue weighted by atomic mass is 19.4. The molecule has 0 saturated carbocycles. The largest absolute Gasteiger partial charge is 0.573 e. The third kappa shape index (κ3) is 2.99. The molecule has 0 fully saturated rings. The molecule has 1 aromatic carbocycles. The summed E-state index contributed by atoms with van der Waals surface area (Å²) in [5, 5.41) is 9.89. The van der Waals surface area contributed by atoms with Crippen molar-refractivity contribution in [3.63, 3.8) is 0 Å². The molecule has 0 aliphatic heterocycles. The second kappa shape index (κ2) is 4.89. The maximum atomic E-state index is 12.0. The number of aromatic amines is 1. The van der Waals surface area contributed by atoms with Gasteiger partial charge >= 0.3 is 6.36 Å². The first-order valence-electron chi connectivity index (χ1n) is 5.57. The Hall–Kier alpha value is -2.91. The average Bonchev–Trinajstić information content (AvgIpc) is 3.09. The first-order chi connectivity index (χ1) is 10.0. The summed E-state index contributed by atoms with van der Waals surface area (Å²) in [6.45, 7) is 0. The van der Waals surface area contributed by atoms with Crippen LogP contribution >= 0.6 is 0 Å². The fraction of sp³-hybridized carbons (Fsp3) is 0.0909. The third-order valence-corrected chi connectivity index (χ3v) is 2.39. The van der Waals surface area contributed by atoms with Gasteiger partial charge in [0.1, 0.15) is 12.1 Å². The van der Waals surface area contributed by atoms with Crippen LogP contribution in [0, 0.1) is 0 Å². The van der Waals surface area contributed by atoms with E-state index in [1.807, 2.05) is 0 Å². The topological polar surface area (TPSA) is 89.7 Å². The fourth-order valence-corrected chi connectivity index (χ4v) is 1.55. The summed E-state index contributed by atoms with van der Waals surface area (Å²) in [5.41, 5.74) is 0.447. The zero-order valence-corrected chi connectivity index (χ0v) is 10.1. The molecule has 21 heavy (non-hydrogen) atoms. The number of ether oxygens (including phenoxy) is 1. The van der Waals surface area contributed by atoms with Crippen LogP contribution < -0.4 is 4.74 Å². The lowest BCUT2D eigenvalue weighted by molar-refractivity contribution is -0.274. The highest BCUT2D eigenvalue weighted by Gasteiger charge is 2.31. The van der Waals surface area contributed by atoms with Crippen LogP contribution in [0.25, 0.3) is 23.1 Å². The van der Waals surface area contributed by atoms with Crippen molar-refractivity contribution < 1.29 is 22.4 Å². The summed E-state index contributed by atoms with van der Waals surface area (Å²) in [6.07, 6.45) is -3.44. The Bertz CT molecular complexity index is 721. The van der Waals surface area contributed by atoms with Gasteiger partial charge in [0.2, 0.25) is 5.82 Å². The molecule has 0 aliphatic carbocycles. The Kier molecular flexibility index (Phi) is 3.05. The zero-order valence-electron chi connectivity index (χ0n) is 10.1. The van der Waals surface area contributed by atoms with Crippen LogP contribution in [0.1, 0.15) is 0 Å². The lowest BCUT2D eigenvalue weighted by Crippen LogP contribution is -2.16. The fourth-order valence-electron chi connectivity index (χ4n) is 1.55. The van der Waals surface area contributed by atoms with Crippen LogP contribution in [0.3, 0.4) is 0 Å². The van der Waals surface area contributed by atoms with E-state index < -0.39 is 6.36 Å². The molecular weight excluding hydrogens is 291 g/mol. The molecule has 0 amide bonds. The number of hydrogen-bond donors (Lipinski definition) is 1. The van der Waals surface area contributed by atoms with Gasteiger partial charge in [0.25, 0.3) is 5.89 Å². The minimum absolute atomic E-state index is 0.139. The molecule has 0 saturated heterocycles. The Labute approximate surface area is 114 Å². The van der Waals surface area contributed by atoms with Gasteiger partial charge in [-0.2, -0.15) is 10.1 Å². The van der Waals surface area contributed by atoms with E-state index >= 15 is 0 Å². The average molecular weight is 297 g/mol. The van der Waals surface area contributed by atoms with Crippen molar-refractivity contribution in [1.29, 1.82) is 0 Å². The van der Waals surface area contributed by atoms with Gasteiger partial charge in [0.15, 0.2) is 5.82 Å². The van der Waals surface area contributed by atoms with Gasteiger partial charge in [0.05, 0.1) is 0 Å². The van der Waals surface area contributed by atoms with Crippen molar-refractivity contribution in [3.05, 3.63) is 30.6 Å². The van der Waals surface area contributed by atoms with Crippen LogP contribution in [-0.2, 0) is 0 Å². The van der Waals surface area contributed by atoms with E-state index in [1.165, 1.54) is 18.5 Å². The standard InChI is InChI=1S/C11H6F3N5O2/c12-11(13,14)20-7-3-1-6(2-4-7)10-17-9(19-21-10)8-15-5-16-18-8/h1-5H,(H,15,16,18).